The Hall–Kier alpha value is -2.12. The third-order valence-electron chi connectivity index (χ3n) is 3.62. The fourth-order valence-electron chi connectivity index (χ4n) is 2.47. The molecule has 1 aliphatic heterocycles. The number of rotatable bonds is 4. The Bertz CT molecular complexity index is 805. The van der Waals surface area contributed by atoms with Crippen molar-refractivity contribution in [2.45, 2.75) is 17.4 Å². The number of benzene rings is 2. The predicted octanol–water partition coefficient (Wildman–Crippen LogP) is 2.12. The Balaban J connectivity index is 1.77. The smallest absolute Gasteiger partial charge is 0.240 e. The van der Waals surface area contributed by atoms with Gasteiger partial charge in [0.25, 0.3) is 0 Å². The van der Waals surface area contributed by atoms with Gasteiger partial charge in [-0.2, -0.15) is 0 Å². The summed E-state index contributed by atoms with van der Waals surface area (Å²) in [6, 6.07) is 9.73. The molecule has 0 unspecified atom stereocenters. The minimum absolute atomic E-state index is 0.0235. The molecule has 0 aliphatic carbocycles. The maximum Gasteiger partial charge on any atom is 0.240 e. The van der Waals surface area contributed by atoms with Gasteiger partial charge in [0.15, 0.2) is 0 Å². The molecule has 2 aromatic carbocycles. The first kappa shape index (κ1) is 15.8. The largest absolute Gasteiger partial charge is 0.497 e. The standard InChI is InChI=1S/C16H16FNO4S/c1-21-14-4-7-16-11(9-14)8-13(10-22-16)18-23(19,20)15-5-2-12(17)3-6-15/h2-7,9,13,18H,8,10H2,1H3/t13-/m0/s1. The number of sulfonamides is 1. The lowest BCUT2D eigenvalue weighted by Crippen LogP contribution is -2.42. The van der Waals surface area contributed by atoms with Gasteiger partial charge in [0.05, 0.1) is 18.0 Å². The molecule has 1 N–H and O–H groups in total. The molecule has 0 saturated carbocycles. The van der Waals surface area contributed by atoms with Crippen LogP contribution in [0.3, 0.4) is 0 Å². The average molecular weight is 337 g/mol. The molecule has 5 nitrogen and oxygen atoms in total. The molecule has 3 rings (SSSR count). The van der Waals surface area contributed by atoms with Crippen LogP contribution in [0.4, 0.5) is 4.39 Å². The van der Waals surface area contributed by atoms with Crippen LogP contribution in [0.1, 0.15) is 5.56 Å². The first-order chi connectivity index (χ1) is 11.0. The van der Waals surface area contributed by atoms with Gasteiger partial charge < -0.3 is 9.47 Å². The third kappa shape index (κ3) is 3.46. The number of fused-ring (bicyclic) bond motifs is 1. The zero-order chi connectivity index (χ0) is 16.4. The lowest BCUT2D eigenvalue weighted by atomic mass is 10.0. The summed E-state index contributed by atoms with van der Waals surface area (Å²) >= 11 is 0. The lowest BCUT2D eigenvalue weighted by molar-refractivity contribution is 0.253. The molecule has 2 aromatic rings. The van der Waals surface area contributed by atoms with E-state index in [-0.39, 0.29) is 11.5 Å². The molecule has 0 radical (unpaired) electrons. The van der Waals surface area contributed by atoms with Crippen LogP contribution in [0.5, 0.6) is 11.5 Å². The highest BCUT2D eigenvalue weighted by Gasteiger charge is 2.25. The van der Waals surface area contributed by atoms with Crippen molar-refractivity contribution in [3.05, 3.63) is 53.8 Å². The average Bonchev–Trinajstić information content (AvgIpc) is 2.54. The Kier molecular flexibility index (Phi) is 4.23. The van der Waals surface area contributed by atoms with Crippen LogP contribution in [-0.2, 0) is 16.4 Å². The van der Waals surface area contributed by atoms with Crippen LogP contribution in [0, 0.1) is 5.82 Å². The van der Waals surface area contributed by atoms with E-state index in [0.717, 1.165) is 23.4 Å². The van der Waals surface area contributed by atoms with E-state index in [0.29, 0.717) is 12.2 Å². The van der Waals surface area contributed by atoms with Crippen LogP contribution in [0.2, 0.25) is 0 Å². The highest BCUT2D eigenvalue weighted by atomic mass is 32.2. The SMILES string of the molecule is COc1ccc2c(c1)C[C@H](NS(=O)(=O)c1ccc(F)cc1)CO2. The van der Waals surface area contributed by atoms with Crippen LogP contribution in [0.25, 0.3) is 0 Å². The molecule has 0 aromatic heterocycles. The van der Waals surface area contributed by atoms with E-state index < -0.39 is 21.9 Å². The van der Waals surface area contributed by atoms with Gasteiger partial charge in [-0.3, -0.25) is 0 Å². The molecular weight excluding hydrogens is 321 g/mol. The fourth-order valence-corrected chi connectivity index (χ4v) is 3.70. The van der Waals surface area contributed by atoms with Crippen molar-refractivity contribution in [2.24, 2.45) is 0 Å². The third-order valence-corrected chi connectivity index (χ3v) is 5.16. The highest BCUT2D eigenvalue weighted by molar-refractivity contribution is 7.89. The second-order valence-corrected chi connectivity index (χ2v) is 6.97. The van der Waals surface area contributed by atoms with Gasteiger partial charge in [-0.05, 0) is 54.4 Å². The number of hydrogen-bond acceptors (Lipinski definition) is 4. The summed E-state index contributed by atoms with van der Waals surface area (Å²) < 4.78 is 50.9. The Morgan fingerprint density at radius 1 is 1.22 bits per heavy atom. The minimum Gasteiger partial charge on any atom is -0.497 e. The Morgan fingerprint density at radius 2 is 1.96 bits per heavy atom. The molecule has 1 atom stereocenters. The van der Waals surface area contributed by atoms with E-state index in [9.17, 15) is 12.8 Å². The summed E-state index contributed by atoms with van der Waals surface area (Å²) in [6.45, 7) is 0.236. The highest BCUT2D eigenvalue weighted by Crippen LogP contribution is 2.29. The van der Waals surface area contributed by atoms with Gasteiger partial charge in [-0.1, -0.05) is 0 Å². The number of ether oxygens (including phenoxy) is 2. The second-order valence-electron chi connectivity index (χ2n) is 5.26. The minimum atomic E-state index is -3.72. The van der Waals surface area contributed by atoms with Gasteiger partial charge in [0.2, 0.25) is 10.0 Å². The van der Waals surface area contributed by atoms with Gasteiger partial charge in [-0.15, -0.1) is 0 Å². The second kappa shape index (κ2) is 6.17. The van der Waals surface area contributed by atoms with Crippen molar-refractivity contribution in [1.82, 2.24) is 4.72 Å². The molecule has 0 bridgehead atoms. The molecule has 23 heavy (non-hydrogen) atoms. The Morgan fingerprint density at radius 3 is 2.65 bits per heavy atom. The molecule has 1 heterocycles. The van der Waals surface area contributed by atoms with E-state index in [2.05, 4.69) is 4.72 Å². The molecule has 0 spiro atoms. The van der Waals surface area contributed by atoms with Crippen molar-refractivity contribution in [3.8, 4) is 11.5 Å². The number of nitrogens with one attached hydrogen (secondary N) is 1. The van der Waals surface area contributed by atoms with Crippen LogP contribution in [-0.4, -0.2) is 28.2 Å². The zero-order valence-corrected chi connectivity index (χ0v) is 13.3. The molecule has 0 saturated heterocycles. The summed E-state index contributed by atoms with van der Waals surface area (Å²) in [7, 11) is -2.15. The zero-order valence-electron chi connectivity index (χ0n) is 12.5. The van der Waals surface area contributed by atoms with Gasteiger partial charge >= 0.3 is 0 Å². The molecular formula is C16H16FNO4S. The predicted molar refractivity (Wildman–Crippen MR) is 82.7 cm³/mol. The van der Waals surface area contributed by atoms with E-state index >= 15 is 0 Å². The molecule has 7 heteroatoms. The van der Waals surface area contributed by atoms with E-state index in [1.165, 1.54) is 12.1 Å². The van der Waals surface area contributed by atoms with Gasteiger partial charge in [0.1, 0.15) is 23.9 Å². The normalized spacial score (nSPS) is 17.2. The van der Waals surface area contributed by atoms with Crippen molar-refractivity contribution in [3.63, 3.8) is 0 Å². The summed E-state index contributed by atoms with van der Waals surface area (Å²) in [5.41, 5.74) is 0.877. The summed E-state index contributed by atoms with van der Waals surface area (Å²) in [5, 5.41) is 0. The first-order valence-electron chi connectivity index (χ1n) is 7.05. The van der Waals surface area contributed by atoms with Crippen LogP contribution >= 0.6 is 0 Å². The van der Waals surface area contributed by atoms with Gasteiger partial charge in [-0.25, -0.2) is 17.5 Å². The van der Waals surface area contributed by atoms with E-state index in [4.69, 9.17) is 9.47 Å². The van der Waals surface area contributed by atoms with Gasteiger partial charge in [0, 0.05) is 0 Å². The molecule has 122 valence electrons. The number of methoxy groups -OCH3 is 1. The summed E-state index contributed by atoms with van der Waals surface area (Å²) in [6.07, 6.45) is 0.493. The monoisotopic (exact) mass is 337 g/mol. The molecule has 1 aliphatic rings. The maximum absolute atomic E-state index is 12.9. The first-order valence-corrected chi connectivity index (χ1v) is 8.54. The summed E-state index contributed by atoms with van der Waals surface area (Å²) in [5.74, 6) is 0.934. The lowest BCUT2D eigenvalue weighted by Gasteiger charge is -2.26. The van der Waals surface area contributed by atoms with E-state index in [1.807, 2.05) is 6.07 Å². The molecule has 0 amide bonds. The van der Waals surface area contributed by atoms with Crippen LogP contribution < -0.4 is 14.2 Å². The van der Waals surface area contributed by atoms with Crippen molar-refractivity contribution < 1.29 is 22.3 Å². The topological polar surface area (TPSA) is 64.6 Å². The number of hydrogen-bond donors (Lipinski definition) is 1. The van der Waals surface area contributed by atoms with Crippen molar-refractivity contribution >= 4 is 10.0 Å². The quantitative estimate of drug-likeness (QED) is 0.928. The Labute approximate surface area is 134 Å². The summed E-state index contributed by atoms with van der Waals surface area (Å²) in [4.78, 5) is 0.0235. The van der Waals surface area contributed by atoms with Crippen molar-refractivity contribution in [1.29, 1.82) is 0 Å². The number of halogens is 1. The molecule has 0 fully saturated rings. The van der Waals surface area contributed by atoms with E-state index in [1.54, 1.807) is 19.2 Å². The fraction of sp³-hybridized carbons (Fsp3) is 0.250. The maximum atomic E-state index is 12.9. The van der Waals surface area contributed by atoms with Crippen LogP contribution in [0.15, 0.2) is 47.4 Å². The van der Waals surface area contributed by atoms with Crippen molar-refractivity contribution in [2.75, 3.05) is 13.7 Å².